The third-order valence-corrected chi connectivity index (χ3v) is 10.4. The molecule has 9 aromatic rings. The molecule has 0 fully saturated rings. The lowest BCUT2D eigenvalue weighted by Crippen LogP contribution is -1.98. The maximum absolute atomic E-state index is 14.7. The van der Waals surface area contributed by atoms with E-state index in [2.05, 4.69) is 84.3 Å². The minimum atomic E-state index is -0.249. The number of hydrogen-bond acceptors (Lipinski definition) is 4. The number of benzene rings is 5. The molecular formula is C35H20FN3S2. The van der Waals surface area contributed by atoms with Crippen molar-refractivity contribution in [1.29, 1.82) is 0 Å². The van der Waals surface area contributed by atoms with Gasteiger partial charge in [-0.2, -0.15) is 0 Å². The molecule has 5 aromatic carbocycles. The van der Waals surface area contributed by atoms with Crippen LogP contribution in [0.15, 0.2) is 103 Å². The molecule has 0 radical (unpaired) electrons. The summed E-state index contributed by atoms with van der Waals surface area (Å²) < 4.78 is 20.7. The van der Waals surface area contributed by atoms with Crippen LogP contribution in [0.25, 0.3) is 79.5 Å². The average molecular weight is 566 g/mol. The van der Waals surface area contributed by atoms with Gasteiger partial charge in [0.15, 0.2) is 0 Å². The van der Waals surface area contributed by atoms with Crippen LogP contribution in [0.3, 0.4) is 0 Å². The van der Waals surface area contributed by atoms with Gasteiger partial charge in [0, 0.05) is 41.9 Å². The first-order valence-electron chi connectivity index (χ1n) is 13.5. The van der Waals surface area contributed by atoms with E-state index in [1.165, 1.54) is 31.8 Å². The van der Waals surface area contributed by atoms with Crippen molar-refractivity contribution in [2.24, 2.45) is 0 Å². The van der Waals surface area contributed by atoms with E-state index in [4.69, 9.17) is 9.97 Å². The number of rotatable bonds is 2. The van der Waals surface area contributed by atoms with Gasteiger partial charge in [0.25, 0.3) is 0 Å². The number of imidazole rings is 1. The third-order valence-electron chi connectivity index (χ3n) is 8.03. The Kier molecular flexibility index (Phi) is 4.75. The first-order valence-corrected chi connectivity index (χ1v) is 15.1. The minimum Gasteiger partial charge on any atom is -0.291 e. The number of pyridine rings is 1. The van der Waals surface area contributed by atoms with Crippen molar-refractivity contribution in [2.45, 2.75) is 6.92 Å². The minimum absolute atomic E-state index is 0.249. The number of para-hydroxylation sites is 2. The summed E-state index contributed by atoms with van der Waals surface area (Å²) in [5.74, 6) is 0.641. The van der Waals surface area contributed by atoms with Crippen molar-refractivity contribution in [3.63, 3.8) is 0 Å². The summed E-state index contributed by atoms with van der Waals surface area (Å²) in [7, 11) is 0. The molecule has 9 rings (SSSR count). The fourth-order valence-electron chi connectivity index (χ4n) is 6.15. The summed E-state index contributed by atoms with van der Waals surface area (Å²) >= 11 is 3.47. The van der Waals surface area contributed by atoms with E-state index < -0.39 is 0 Å². The predicted molar refractivity (Wildman–Crippen MR) is 172 cm³/mol. The average Bonchev–Trinajstić information content (AvgIpc) is 3.68. The Labute approximate surface area is 241 Å². The van der Waals surface area contributed by atoms with Gasteiger partial charge in [0.1, 0.15) is 16.5 Å². The Morgan fingerprint density at radius 3 is 2.41 bits per heavy atom. The van der Waals surface area contributed by atoms with E-state index >= 15 is 0 Å². The molecule has 0 N–H and O–H groups in total. The molecule has 6 heteroatoms. The van der Waals surface area contributed by atoms with Crippen molar-refractivity contribution in [3.8, 4) is 17.1 Å². The maximum Gasteiger partial charge on any atom is 0.147 e. The Hall–Kier alpha value is -4.65. The van der Waals surface area contributed by atoms with Crippen LogP contribution >= 0.6 is 22.7 Å². The summed E-state index contributed by atoms with van der Waals surface area (Å²) in [5, 5.41) is 5.16. The standard InChI is InChI=1S/C35H20FN3S2/c1-19-16-17-29(33-31(19)21-8-2-5-15-30(21)40-33)39-28-14-4-3-12-27(28)37-34(39)22-10-6-9-20-23-18-24-25(36)11-7-13-26(24)38-35(23)41-32(20)22/h2-18H,1H3. The van der Waals surface area contributed by atoms with Gasteiger partial charge >= 0.3 is 0 Å². The largest absolute Gasteiger partial charge is 0.291 e. The smallest absolute Gasteiger partial charge is 0.147 e. The molecule has 0 aliphatic heterocycles. The third kappa shape index (κ3) is 3.23. The predicted octanol–water partition coefficient (Wildman–Crippen LogP) is 10.4. The van der Waals surface area contributed by atoms with E-state index in [-0.39, 0.29) is 5.82 Å². The SMILES string of the molecule is Cc1ccc(-n2c(-c3cccc4c3sc3nc5cccc(F)c5cc34)nc3ccccc32)c2sc3ccccc3c12. The summed E-state index contributed by atoms with van der Waals surface area (Å²) in [4.78, 5) is 11.0. The second-order valence-electron chi connectivity index (χ2n) is 10.4. The van der Waals surface area contributed by atoms with Crippen LogP contribution in [-0.2, 0) is 0 Å². The van der Waals surface area contributed by atoms with Gasteiger partial charge in [-0.25, -0.2) is 14.4 Å². The molecular weight excluding hydrogens is 546 g/mol. The van der Waals surface area contributed by atoms with Gasteiger partial charge in [-0.3, -0.25) is 4.57 Å². The molecule has 41 heavy (non-hydrogen) atoms. The summed E-state index contributed by atoms with van der Waals surface area (Å²) in [6, 6.07) is 34.8. The monoisotopic (exact) mass is 565 g/mol. The number of thiophene rings is 2. The number of aromatic nitrogens is 3. The zero-order valence-corrected chi connectivity index (χ0v) is 23.5. The maximum atomic E-state index is 14.7. The second-order valence-corrected chi connectivity index (χ2v) is 12.4. The molecule has 4 heterocycles. The molecule has 0 atom stereocenters. The quantitative estimate of drug-likeness (QED) is 0.209. The number of fused-ring (bicyclic) bond motifs is 8. The lowest BCUT2D eigenvalue weighted by Gasteiger charge is -2.12. The number of nitrogens with zero attached hydrogens (tertiary/aromatic N) is 3. The van der Waals surface area contributed by atoms with E-state index in [1.54, 1.807) is 17.4 Å². The van der Waals surface area contributed by atoms with Gasteiger partial charge in [-0.05, 0) is 61.0 Å². The van der Waals surface area contributed by atoms with Crippen LogP contribution in [-0.4, -0.2) is 14.5 Å². The molecule has 0 saturated carbocycles. The number of halogens is 1. The van der Waals surface area contributed by atoms with Crippen LogP contribution in [0.1, 0.15) is 5.56 Å². The molecule has 3 nitrogen and oxygen atoms in total. The first-order chi connectivity index (χ1) is 20.2. The van der Waals surface area contributed by atoms with Gasteiger partial charge in [-0.1, -0.05) is 54.6 Å². The Morgan fingerprint density at radius 2 is 1.46 bits per heavy atom. The highest BCUT2D eigenvalue weighted by Crippen LogP contribution is 2.44. The molecule has 0 amide bonds. The van der Waals surface area contributed by atoms with E-state index in [0.717, 1.165) is 48.4 Å². The molecule has 0 bridgehead atoms. The highest BCUT2D eigenvalue weighted by molar-refractivity contribution is 7.26. The zero-order valence-electron chi connectivity index (χ0n) is 21.9. The highest BCUT2D eigenvalue weighted by Gasteiger charge is 2.22. The second kappa shape index (κ2) is 8.43. The molecule has 0 spiro atoms. The summed E-state index contributed by atoms with van der Waals surface area (Å²) in [6.45, 7) is 2.19. The number of hydrogen-bond donors (Lipinski definition) is 0. The van der Waals surface area contributed by atoms with Crippen molar-refractivity contribution in [3.05, 3.63) is 115 Å². The summed E-state index contributed by atoms with van der Waals surface area (Å²) in [6.07, 6.45) is 0. The van der Waals surface area contributed by atoms with Crippen molar-refractivity contribution in [2.75, 3.05) is 0 Å². The van der Waals surface area contributed by atoms with Gasteiger partial charge < -0.3 is 0 Å². The van der Waals surface area contributed by atoms with Crippen LogP contribution in [0.5, 0.6) is 0 Å². The first kappa shape index (κ1) is 23.1. The van der Waals surface area contributed by atoms with Crippen molar-refractivity contribution >= 4 is 85.1 Å². The molecule has 0 aliphatic carbocycles. The Balaban J connectivity index is 1.40. The van der Waals surface area contributed by atoms with E-state index in [1.807, 2.05) is 29.5 Å². The molecule has 194 valence electrons. The molecule has 0 saturated heterocycles. The van der Waals surface area contributed by atoms with Crippen LogP contribution in [0, 0.1) is 12.7 Å². The summed E-state index contributed by atoms with van der Waals surface area (Å²) in [5.41, 5.74) is 6.12. The lowest BCUT2D eigenvalue weighted by atomic mass is 10.1. The van der Waals surface area contributed by atoms with Gasteiger partial charge in [0.2, 0.25) is 0 Å². The Morgan fingerprint density at radius 1 is 0.659 bits per heavy atom. The topological polar surface area (TPSA) is 30.7 Å². The van der Waals surface area contributed by atoms with Crippen molar-refractivity contribution in [1.82, 2.24) is 14.5 Å². The van der Waals surface area contributed by atoms with Gasteiger partial charge in [0.05, 0.1) is 26.9 Å². The Bertz CT molecular complexity index is 2520. The normalized spacial score (nSPS) is 12.1. The highest BCUT2D eigenvalue weighted by atomic mass is 32.1. The van der Waals surface area contributed by atoms with E-state index in [0.29, 0.717) is 10.9 Å². The van der Waals surface area contributed by atoms with E-state index in [9.17, 15) is 4.39 Å². The fraction of sp³-hybridized carbons (Fsp3) is 0.0286. The molecule has 4 aromatic heterocycles. The molecule has 0 unspecified atom stereocenters. The van der Waals surface area contributed by atoms with Crippen LogP contribution in [0.2, 0.25) is 0 Å². The van der Waals surface area contributed by atoms with Gasteiger partial charge in [-0.15, -0.1) is 22.7 Å². The van der Waals surface area contributed by atoms with Crippen molar-refractivity contribution < 1.29 is 4.39 Å². The molecule has 0 aliphatic rings. The lowest BCUT2D eigenvalue weighted by molar-refractivity contribution is 0.640. The number of aryl methyl sites for hydroxylation is 1. The van der Waals surface area contributed by atoms with Crippen LogP contribution < -0.4 is 0 Å². The fourth-order valence-corrected chi connectivity index (χ4v) is 8.61. The zero-order chi connectivity index (χ0) is 27.2. The van der Waals surface area contributed by atoms with Crippen LogP contribution in [0.4, 0.5) is 4.39 Å².